The van der Waals surface area contributed by atoms with Crippen LogP contribution < -0.4 is 5.73 Å². The Balaban J connectivity index is 1.81. The molecule has 0 aromatic heterocycles. The second kappa shape index (κ2) is 7.67. The van der Waals surface area contributed by atoms with Gasteiger partial charge in [-0.25, -0.2) is 0 Å². The van der Waals surface area contributed by atoms with Gasteiger partial charge in [-0.15, -0.1) is 0 Å². The molecule has 126 valence electrons. The molecule has 3 rings (SSSR count). The number of benzene rings is 3. The molecule has 0 aliphatic carbocycles. The summed E-state index contributed by atoms with van der Waals surface area (Å²) in [7, 11) is 0. The molecule has 3 aromatic rings. The highest BCUT2D eigenvalue weighted by Crippen LogP contribution is 2.25. The molecule has 0 aliphatic heterocycles. The summed E-state index contributed by atoms with van der Waals surface area (Å²) in [5, 5.41) is 4.31. The molecule has 0 aliphatic rings. The summed E-state index contributed by atoms with van der Waals surface area (Å²) in [5.74, 6) is 0. The maximum Gasteiger partial charge on any atom is 0.142 e. The first-order valence-electron chi connectivity index (χ1n) is 8.31. The van der Waals surface area contributed by atoms with Crippen molar-refractivity contribution >= 4 is 11.4 Å². The fourth-order valence-corrected chi connectivity index (χ4v) is 2.70. The van der Waals surface area contributed by atoms with E-state index >= 15 is 0 Å². The monoisotopic (exact) mass is 330 g/mol. The van der Waals surface area contributed by atoms with E-state index in [1.807, 2.05) is 49.4 Å². The third-order valence-electron chi connectivity index (χ3n) is 4.06. The van der Waals surface area contributed by atoms with E-state index in [0.717, 1.165) is 28.1 Å². The summed E-state index contributed by atoms with van der Waals surface area (Å²) in [4.78, 5) is 5.54. The van der Waals surface area contributed by atoms with Crippen molar-refractivity contribution in [2.45, 2.75) is 20.5 Å². The van der Waals surface area contributed by atoms with Gasteiger partial charge in [-0.2, -0.15) is 0 Å². The lowest BCUT2D eigenvalue weighted by Gasteiger charge is -2.11. The highest BCUT2D eigenvalue weighted by Gasteiger charge is 2.08. The molecule has 25 heavy (non-hydrogen) atoms. The summed E-state index contributed by atoms with van der Waals surface area (Å²) in [5.41, 5.74) is 13.0. The third kappa shape index (κ3) is 4.27. The fraction of sp³-hybridized carbons (Fsp3) is 0.136. The third-order valence-corrected chi connectivity index (χ3v) is 4.06. The van der Waals surface area contributed by atoms with E-state index in [1.54, 1.807) is 0 Å². The molecule has 3 aromatic carbocycles. The quantitative estimate of drug-likeness (QED) is 0.398. The van der Waals surface area contributed by atoms with E-state index in [-0.39, 0.29) is 0 Å². The zero-order valence-electron chi connectivity index (χ0n) is 14.6. The number of hydrogen-bond acceptors (Lipinski definition) is 3. The number of hydrogen-bond donors (Lipinski definition) is 1. The minimum Gasteiger partial charge on any atom is -0.399 e. The second-order valence-corrected chi connectivity index (χ2v) is 6.11. The molecule has 0 heterocycles. The summed E-state index contributed by atoms with van der Waals surface area (Å²) in [6, 6.07) is 24.3. The van der Waals surface area contributed by atoms with Gasteiger partial charge in [0.25, 0.3) is 0 Å². The molecule has 3 heteroatoms. The van der Waals surface area contributed by atoms with Crippen LogP contribution in [-0.2, 0) is 11.4 Å². The van der Waals surface area contributed by atoms with Crippen molar-refractivity contribution in [3.63, 3.8) is 0 Å². The van der Waals surface area contributed by atoms with Crippen LogP contribution in [0.5, 0.6) is 0 Å². The zero-order valence-corrected chi connectivity index (χ0v) is 14.6. The first-order valence-corrected chi connectivity index (χ1v) is 8.31. The summed E-state index contributed by atoms with van der Waals surface area (Å²) in [6.45, 7) is 4.49. The molecular weight excluding hydrogens is 308 g/mol. The van der Waals surface area contributed by atoms with Gasteiger partial charge < -0.3 is 10.6 Å². The number of anilines is 1. The summed E-state index contributed by atoms with van der Waals surface area (Å²) < 4.78 is 0. The Morgan fingerprint density at radius 3 is 2.40 bits per heavy atom. The Kier molecular flexibility index (Phi) is 5.14. The maximum absolute atomic E-state index is 5.70. The SMILES string of the molecule is C/C(=N\OCc1ccc(N)cc1)c1ccc(C)cc1-c1ccccc1. The van der Waals surface area contributed by atoms with Crippen molar-refractivity contribution in [2.75, 3.05) is 5.73 Å². The largest absolute Gasteiger partial charge is 0.399 e. The molecule has 0 bridgehead atoms. The van der Waals surface area contributed by atoms with Gasteiger partial charge in [-0.1, -0.05) is 71.4 Å². The molecule has 0 fully saturated rings. The lowest BCUT2D eigenvalue weighted by molar-refractivity contribution is 0.130. The predicted octanol–water partition coefficient (Wildman–Crippen LogP) is 5.19. The summed E-state index contributed by atoms with van der Waals surface area (Å²) in [6.07, 6.45) is 0. The van der Waals surface area contributed by atoms with Crippen molar-refractivity contribution in [1.29, 1.82) is 0 Å². The van der Waals surface area contributed by atoms with Crippen molar-refractivity contribution in [3.8, 4) is 11.1 Å². The average molecular weight is 330 g/mol. The van der Waals surface area contributed by atoms with E-state index in [2.05, 4.69) is 42.4 Å². The van der Waals surface area contributed by atoms with Gasteiger partial charge in [-0.3, -0.25) is 0 Å². The molecule has 3 nitrogen and oxygen atoms in total. The van der Waals surface area contributed by atoms with Crippen molar-refractivity contribution < 1.29 is 4.84 Å². The molecule has 0 saturated carbocycles. The van der Waals surface area contributed by atoms with Gasteiger partial charge in [0.15, 0.2) is 0 Å². The Labute approximate surface area is 148 Å². The molecule has 2 N–H and O–H groups in total. The highest BCUT2D eigenvalue weighted by atomic mass is 16.6. The molecule has 0 atom stereocenters. The average Bonchev–Trinajstić information content (AvgIpc) is 2.64. The second-order valence-electron chi connectivity index (χ2n) is 6.11. The lowest BCUT2D eigenvalue weighted by Crippen LogP contribution is -2.00. The minimum absolute atomic E-state index is 0.421. The van der Waals surface area contributed by atoms with Gasteiger partial charge in [0.1, 0.15) is 6.61 Å². The number of oxime groups is 1. The van der Waals surface area contributed by atoms with Gasteiger partial charge in [-0.05, 0) is 42.7 Å². The van der Waals surface area contributed by atoms with E-state index < -0.39 is 0 Å². The number of nitrogens with zero attached hydrogens (tertiary/aromatic N) is 1. The first kappa shape index (κ1) is 16.8. The van der Waals surface area contributed by atoms with Gasteiger partial charge in [0.2, 0.25) is 0 Å². The van der Waals surface area contributed by atoms with Crippen molar-refractivity contribution in [1.82, 2.24) is 0 Å². The summed E-state index contributed by atoms with van der Waals surface area (Å²) >= 11 is 0. The van der Waals surface area contributed by atoms with Crippen LogP contribution in [0.15, 0.2) is 78.0 Å². The molecule has 0 spiro atoms. The molecule has 0 amide bonds. The van der Waals surface area contributed by atoms with Crippen LogP contribution in [0, 0.1) is 6.92 Å². The van der Waals surface area contributed by atoms with Crippen LogP contribution in [-0.4, -0.2) is 5.71 Å². The lowest BCUT2D eigenvalue weighted by atomic mass is 9.95. The van der Waals surface area contributed by atoms with Crippen molar-refractivity contribution in [3.05, 3.63) is 89.5 Å². The smallest absolute Gasteiger partial charge is 0.142 e. The van der Waals surface area contributed by atoms with E-state index in [9.17, 15) is 0 Å². The first-order chi connectivity index (χ1) is 12.1. The van der Waals surface area contributed by atoms with Crippen LogP contribution in [0.3, 0.4) is 0 Å². The number of nitrogen functional groups attached to an aromatic ring is 1. The fourth-order valence-electron chi connectivity index (χ4n) is 2.70. The van der Waals surface area contributed by atoms with Crippen LogP contribution in [0.25, 0.3) is 11.1 Å². The number of aryl methyl sites for hydroxylation is 1. The standard InChI is InChI=1S/C22H22N2O/c1-16-8-13-21(22(14-16)19-6-4-3-5-7-19)17(2)24-25-15-18-9-11-20(23)12-10-18/h3-14H,15,23H2,1-2H3/b24-17+. The zero-order chi connectivity index (χ0) is 17.6. The van der Waals surface area contributed by atoms with Crippen LogP contribution in [0.2, 0.25) is 0 Å². The van der Waals surface area contributed by atoms with E-state index in [1.165, 1.54) is 11.1 Å². The number of rotatable bonds is 5. The Bertz CT molecular complexity index is 868. The van der Waals surface area contributed by atoms with Crippen LogP contribution in [0.4, 0.5) is 5.69 Å². The van der Waals surface area contributed by atoms with E-state index in [4.69, 9.17) is 10.6 Å². The van der Waals surface area contributed by atoms with Crippen LogP contribution >= 0.6 is 0 Å². The molecular formula is C22H22N2O. The van der Waals surface area contributed by atoms with Crippen molar-refractivity contribution in [2.24, 2.45) is 5.16 Å². The maximum atomic E-state index is 5.70. The predicted molar refractivity (Wildman–Crippen MR) is 104 cm³/mol. The molecule has 0 saturated heterocycles. The Morgan fingerprint density at radius 2 is 1.68 bits per heavy atom. The van der Waals surface area contributed by atoms with Gasteiger partial charge in [0.05, 0.1) is 5.71 Å². The normalized spacial score (nSPS) is 11.4. The minimum atomic E-state index is 0.421. The van der Waals surface area contributed by atoms with Crippen LogP contribution in [0.1, 0.15) is 23.6 Å². The van der Waals surface area contributed by atoms with E-state index in [0.29, 0.717) is 6.61 Å². The highest BCUT2D eigenvalue weighted by molar-refractivity contribution is 6.04. The topological polar surface area (TPSA) is 47.6 Å². The molecule has 0 unspecified atom stereocenters. The van der Waals surface area contributed by atoms with Gasteiger partial charge in [0, 0.05) is 11.3 Å². The molecule has 0 radical (unpaired) electrons. The van der Waals surface area contributed by atoms with Gasteiger partial charge >= 0.3 is 0 Å². The Morgan fingerprint density at radius 1 is 0.960 bits per heavy atom. The Hall–Kier alpha value is -3.07. The number of nitrogens with two attached hydrogens (primary N) is 1.